The summed E-state index contributed by atoms with van der Waals surface area (Å²) in [5.41, 5.74) is 1.47. The fourth-order valence-electron chi connectivity index (χ4n) is 3.16. The Hall–Kier alpha value is -3.03. The summed E-state index contributed by atoms with van der Waals surface area (Å²) in [6, 6.07) is 13.4. The second kappa shape index (κ2) is 11.6. The van der Waals surface area contributed by atoms with Gasteiger partial charge < -0.3 is 13.8 Å². The smallest absolute Gasteiger partial charge is 0.340 e. The van der Waals surface area contributed by atoms with Gasteiger partial charge in [-0.2, -0.15) is 12.7 Å². The number of ether oxygens (including phenoxy) is 1. The van der Waals surface area contributed by atoms with Gasteiger partial charge in [0, 0.05) is 32.4 Å². The molecule has 1 aromatic heterocycles. The molecule has 0 spiro atoms. The second-order valence-corrected chi connectivity index (χ2v) is 11.2. The number of aryl methyl sites for hydroxylation is 1. The molecule has 0 radical (unpaired) electrons. The highest BCUT2D eigenvalue weighted by molar-refractivity contribution is 7.91. The topological polar surface area (TPSA) is 138 Å². The van der Waals surface area contributed by atoms with Crippen molar-refractivity contribution in [1.82, 2.24) is 9.29 Å². The number of nitrogens with zero attached hydrogens (tertiary/aromatic N) is 2. The lowest BCUT2D eigenvalue weighted by molar-refractivity contribution is 0.122. The number of nitrogens with two attached hydrogens (primary N) is 1. The van der Waals surface area contributed by atoms with Crippen LogP contribution in [0.25, 0.3) is 0 Å². The van der Waals surface area contributed by atoms with Crippen molar-refractivity contribution in [3.05, 3.63) is 78.1 Å². The van der Waals surface area contributed by atoms with E-state index < -0.39 is 29.9 Å². The Morgan fingerprint density at radius 2 is 1.69 bits per heavy atom. The van der Waals surface area contributed by atoms with Crippen molar-refractivity contribution < 1.29 is 30.6 Å². The van der Waals surface area contributed by atoms with Crippen LogP contribution in [0.1, 0.15) is 17.5 Å². The predicted octanol–water partition coefficient (Wildman–Crippen LogP) is 2.64. The zero-order valence-corrected chi connectivity index (χ0v) is 21.0. The van der Waals surface area contributed by atoms with Crippen molar-refractivity contribution in [2.45, 2.75) is 29.7 Å². The molecule has 0 fully saturated rings. The van der Waals surface area contributed by atoms with E-state index in [1.807, 2.05) is 6.92 Å². The highest BCUT2D eigenvalue weighted by Gasteiger charge is 2.31. The molecule has 35 heavy (non-hydrogen) atoms. The first-order valence-corrected chi connectivity index (χ1v) is 13.4. The molecule has 3 aromatic rings. The molecule has 1 heterocycles. The van der Waals surface area contributed by atoms with E-state index in [9.17, 15) is 16.8 Å². The molecule has 0 bridgehead atoms. The van der Waals surface area contributed by atoms with Gasteiger partial charge in [0.25, 0.3) is 0 Å². The molecule has 0 aliphatic heterocycles. The fourth-order valence-corrected chi connectivity index (χ4v) is 6.03. The molecule has 0 atom stereocenters. The van der Waals surface area contributed by atoms with Crippen LogP contribution in [-0.2, 0) is 31.5 Å². The van der Waals surface area contributed by atoms with Gasteiger partial charge in [0.15, 0.2) is 11.5 Å². The van der Waals surface area contributed by atoms with E-state index in [-0.39, 0.29) is 31.3 Å². The average molecular weight is 522 g/mol. The molecule has 0 amide bonds. The van der Waals surface area contributed by atoms with Crippen LogP contribution in [0.5, 0.6) is 11.5 Å². The Morgan fingerprint density at radius 3 is 2.37 bits per heavy atom. The quantitative estimate of drug-likeness (QED) is 0.216. The summed E-state index contributed by atoms with van der Waals surface area (Å²) in [7, 11) is -7.37. The minimum Gasteiger partial charge on any atom is -0.490 e. The van der Waals surface area contributed by atoms with Crippen LogP contribution < -0.4 is 14.8 Å². The molecule has 0 aliphatic carbocycles. The molecule has 0 unspecified atom stereocenters. The van der Waals surface area contributed by atoms with E-state index in [2.05, 4.69) is 9.82 Å². The number of hydrogen-bond donors (Lipinski definition) is 1. The summed E-state index contributed by atoms with van der Waals surface area (Å²) in [6.07, 6.45) is 3.59. The molecule has 3 rings (SSSR count). The maximum absolute atomic E-state index is 13.3. The van der Waals surface area contributed by atoms with Gasteiger partial charge in [-0.25, -0.2) is 14.3 Å². The minimum absolute atomic E-state index is 0.00781. The van der Waals surface area contributed by atoms with E-state index in [0.717, 1.165) is 9.87 Å². The Labute approximate surface area is 205 Å². The van der Waals surface area contributed by atoms with Crippen molar-refractivity contribution in [2.75, 3.05) is 20.3 Å². The Balaban J connectivity index is 1.91. The summed E-state index contributed by atoms with van der Waals surface area (Å²) >= 11 is 0. The number of sulfonamides is 1. The van der Waals surface area contributed by atoms with Gasteiger partial charge in [0.1, 0.15) is 9.79 Å². The normalized spacial score (nSPS) is 12.0. The number of pyridine rings is 1. The van der Waals surface area contributed by atoms with Crippen molar-refractivity contribution in [1.29, 1.82) is 0 Å². The maximum atomic E-state index is 13.3. The number of rotatable bonds is 12. The highest BCUT2D eigenvalue weighted by Crippen LogP contribution is 2.33. The number of hydrogen-bond acceptors (Lipinski definition) is 9. The van der Waals surface area contributed by atoms with Crippen LogP contribution in [0.3, 0.4) is 0 Å². The number of aromatic nitrogens is 1. The summed E-state index contributed by atoms with van der Waals surface area (Å²) in [5, 5.41) is 0. The predicted molar refractivity (Wildman–Crippen MR) is 129 cm³/mol. The van der Waals surface area contributed by atoms with Gasteiger partial charge in [-0.3, -0.25) is 4.98 Å². The summed E-state index contributed by atoms with van der Waals surface area (Å²) in [4.78, 5) is 7.60. The van der Waals surface area contributed by atoms with Gasteiger partial charge in [-0.15, -0.1) is 0 Å². The summed E-state index contributed by atoms with van der Waals surface area (Å²) < 4.78 is 65.2. The summed E-state index contributed by atoms with van der Waals surface area (Å²) in [6.45, 7) is 2.29. The average Bonchev–Trinajstić information content (AvgIpc) is 2.84. The second-order valence-electron chi connectivity index (χ2n) is 7.63. The minimum atomic E-state index is -4.55. The fraction of sp³-hybridized carbons (Fsp3) is 0.261. The van der Waals surface area contributed by atoms with Crippen molar-refractivity contribution >= 4 is 20.1 Å². The Kier molecular flexibility index (Phi) is 8.81. The van der Waals surface area contributed by atoms with E-state index in [1.165, 1.54) is 43.6 Å². The number of benzene rings is 2. The van der Waals surface area contributed by atoms with E-state index in [1.54, 1.807) is 30.5 Å². The lowest BCUT2D eigenvalue weighted by Gasteiger charge is -2.19. The molecule has 12 heteroatoms. The van der Waals surface area contributed by atoms with E-state index in [0.29, 0.717) is 12.0 Å². The standard InChI is InChI=1S/C23H27N3O7S2/c1-18-10-11-20(21(15-18)31-13-6-14-32-24)33-35(29,30)23-9-4-3-8-22(23)34(27,28)26(2)17-19-7-5-12-25-16-19/h3-5,7-12,15-16H,6,13-14,17,24H2,1-2H3. The van der Waals surface area contributed by atoms with E-state index >= 15 is 0 Å². The molecule has 2 N–H and O–H groups in total. The van der Waals surface area contributed by atoms with Crippen LogP contribution in [0.4, 0.5) is 0 Å². The summed E-state index contributed by atoms with van der Waals surface area (Å²) in [5.74, 6) is 5.13. The third-order valence-corrected chi connectivity index (χ3v) is 8.18. The molecule has 0 aliphatic rings. The van der Waals surface area contributed by atoms with Gasteiger partial charge in [-0.1, -0.05) is 24.3 Å². The molecule has 188 valence electrons. The van der Waals surface area contributed by atoms with Gasteiger partial charge >= 0.3 is 10.1 Å². The molecule has 0 saturated heterocycles. The van der Waals surface area contributed by atoms with Crippen molar-refractivity contribution in [3.63, 3.8) is 0 Å². The lowest BCUT2D eigenvalue weighted by Crippen LogP contribution is -2.28. The zero-order valence-electron chi connectivity index (χ0n) is 19.3. The van der Waals surface area contributed by atoms with Crippen LogP contribution in [0.15, 0.2) is 76.8 Å². The van der Waals surface area contributed by atoms with Crippen molar-refractivity contribution in [2.24, 2.45) is 5.90 Å². The van der Waals surface area contributed by atoms with Crippen LogP contribution in [0.2, 0.25) is 0 Å². The third kappa shape index (κ3) is 6.77. The Bertz CT molecular complexity index is 1350. The molecule has 10 nitrogen and oxygen atoms in total. The van der Waals surface area contributed by atoms with E-state index in [4.69, 9.17) is 14.8 Å². The van der Waals surface area contributed by atoms with Gasteiger partial charge in [0.05, 0.1) is 13.2 Å². The first-order chi connectivity index (χ1) is 16.6. The highest BCUT2D eigenvalue weighted by atomic mass is 32.2. The van der Waals surface area contributed by atoms with Gasteiger partial charge in [0.2, 0.25) is 10.0 Å². The first-order valence-electron chi connectivity index (χ1n) is 10.6. The first kappa shape index (κ1) is 26.6. The molecule has 0 saturated carbocycles. The SMILES string of the molecule is Cc1ccc(OS(=O)(=O)c2ccccc2S(=O)(=O)N(C)Cc2cccnc2)c(OCCCON)c1. The largest absolute Gasteiger partial charge is 0.490 e. The Morgan fingerprint density at radius 1 is 0.943 bits per heavy atom. The van der Waals surface area contributed by atoms with Crippen LogP contribution in [-0.4, -0.2) is 46.4 Å². The monoisotopic (exact) mass is 521 g/mol. The molecule has 2 aromatic carbocycles. The van der Waals surface area contributed by atoms with Gasteiger partial charge in [-0.05, 0) is 48.4 Å². The maximum Gasteiger partial charge on any atom is 0.340 e. The lowest BCUT2D eigenvalue weighted by atomic mass is 10.2. The van der Waals surface area contributed by atoms with Crippen LogP contribution in [0, 0.1) is 6.92 Å². The van der Waals surface area contributed by atoms with Crippen molar-refractivity contribution in [3.8, 4) is 11.5 Å². The molecular formula is C23H27N3O7S2. The third-order valence-electron chi connectivity index (χ3n) is 4.90. The zero-order chi connectivity index (χ0) is 25.5. The molecular weight excluding hydrogens is 494 g/mol. The van der Waals surface area contributed by atoms with Crippen LogP contribution >= 0.6 is 0 Å².